The number of aliphatic hydroxyl groups excluding tert-OH is 1. The van der Waals surface area contributed by atoms with Crippen molar-refractivity contribution in [3.05, 3.63) is 12.2 Å². The van der Waals surface area contributed by atoms with Crippen molar-refractivity contribution in [2.75, 3.05) is 33.3 Å². The maximum absolute atomic E-state index is 13.7. The number of thioether (sulfide) groups is 2. The van der Waals surface area contributed by atoms with Crippen LogP contribution in [0.1, 0.15) is 13.3 Å². The Morgan fingerprint density at radius 3 is 2.45 bits per heavy atom. The Labute approximate surface area is 177 Å². The molecule has 2 fully saturated rings. The van der Waals surface area contributed by atoms with Gasteiger partial charge in [0.25, 0.3) is 11.8 Å². The number of piperazine rings is 1. The third kappa shape index (κ3) is 2.78. The number of likely N-dealkylation sites (N-methyl/N-ethyl adjacent to an activating group) is 1. The number of esters is 1. The molecule has 0 aromatic rings. The monoisotopic (exact) mass is 446 g/mol. The number of amides is 2. The van der Waals surface area contributed by atoms with Gasteiger partial charge in [-0.2, -0.15) is 11.8 Å². The number of hydrogen-bond donors (Lipinski definition) is 2. The number of ether oxygens (including phenoxy) is 2. The summed E-state index contributed by atoms with van der Waals surface area (Å²) in [5.74, 6) is -1.71. The van der Waals surface area contributed by atoms with Gasteiger partial charge >= 0.3 is 5.97 Å². The van der Waals surface area contributed by atoms with Crippen LogP contribution < -0.4 is 0 Å². The van der Waals surface area contributed by atoms with Crippen LogP contribution in [0, 0.1) is 0 Å². The summed E-state index contributed by atoms with van der Waals surface area (Å²) < 4.78 is 11.0. The summed E-state index contributed by atoms with van der Waals surface area (Å²) in [5, 5.41) is 21.4. The Hall–Kier alpha value is -1.27. The summed E-state index contributed by atoms with van der Waals surface area (Å²) in [6, 6.07) is -1.04. The van der Waals surface area contributed by atoms with E-state index in [4.69, 9.17) is 9.47 Å². The van der Waals surface area contributed by atoms with E-state index in [0.717, 1.165) is 11.8 Å². The smallest absolute Gasteiger partial charge is 0.303 e. The largest absolute Gasteiger partial charge is 0.456 e. The standard InChI is InChI=1S/C18H26N2O7S2/c1-10(22)27-11-6-7-12(28-4)16(25)8-17(26-3)14(23)19(2)18(9-21,29-5)15(24)20(17)13(11)16/h6-7,11-13,21,25H,8-9H2,1-5H3/t11-,12-,13+,16+,17-,18-/m0/s1. The van der Waals surface area contributed by atoms with E-state index in [1.54, 1.807) is 18.4 Å². The molecule has 0 unspecified atom stereocenters. The lowest BCUT2D eigenvalue weighted by Gasteiger charge is -2.53. The predicted molar refractivity (Wildman–Crippen MR) is 108 cm³/mol. The van der Waals surface area contributed by atoms with Gasteiger partial charge in [-0.05, 0) is 18.6 Å². The number of aliphatic hydroxyl groups is 2. The van der Waals surface area contributed by atoms with Gasteiger partial charge in [0, 0.05) is 27.5 Å². The molecule has 2 aliphatic heterocycles. The van der Waals surface area contributed by atoms with E-state index in [2.05, 4.69) is 0 Å². The summed E-state index contributed by atoms with van der Waals surface area (Å²) in [7, 11) is 2.74. The van der Waals surface area contributed by atoms with Crippen molar-refractivity contribution in [1.82, 2.24) is 9.80 Å². The molecule has 0 radical (unpaired) electrons. The van der Waals surface area contributed by atoms with E-state index in [0.29, 0.717) is 0 Å². The van der Waals surface area contributed by atoms with Gasteiger partial charge in [0.2, 0.25) is 5.72 Å². The van der Waals surface area contributed by atoms with Gasteiger partial charge in [-0.1, -0.05) is 6.08 Å². The molecule has 29 heavy (non-hydrogen) atoms. The molecule has 1 aliphatic carbocycles. The Morgan fingerprint density at radius 1 is 1.31 bits per heavy atom. The van der Waals surface area contributed by atoms with E-state index in [1.165, 1.54) is 42.6 Å². The van der Waals surface area contributed by atoms with Crippen molar-refractivity contribution in [1.29, 1.82) is 0 Å². The average molecular weight is 447 g/mol. The van der Waals surface area contributed by atoms with E-state index < -0.39 is 58.0 Å². The van der Waals surface area contributed by atoms with Crippen molar-refractivity contribution in [2.24, 2.45) is 0 Å². The molecule has 0 bridgehead atoms. The first-order chi connectivity index (χ1) is 13.6. The van der Waals surface area contributed by atoms with Crippen LogP contribution in [-0.2, 0) is 23.9 Å². The molecular formula is C18H26N2O7S2. The van der Waals surface area contributed by atoms with Gasteiger partial charge in [0.05, 0.1) is 11.9 Å². The highest BCUT2D eigenvalue weighted by molar-refractivity contribution is 8.00. The van der Waals surface area contributed by atoms with Crippen LogP contribution in [0.15, 0.2) is 12.2 Å². The van der Waals surface area contributed by atoms with E-state index in [1.807, 2.05) is 6.26 Å². The summed E-state index contributed by atoms with van der Waals surface area (Å²) >= 11 is 2.39. The van der Waals surface area contributed by atoms with Crippen LogP contribution in [0.4, 0.5) is 0 Å². The van der Waals surface area contributed by atoms with Crippen LogP contribution in [-0.4, -0.2) is 105 Å². The lowest BCUT2D eigenvalue weighted by atomic mass is 9.81. The van der Waals surface area contributed by atoms with Gasteiger partial charge in [0.1, 0.15) is 17.7 Å². The summed E-state index contributed by atoms with van der Waals surface area (Å²) in [6.45, 7) is 0.625. The molecule has 3 rings (SSSR count). The zero-order chi connectivity index (χ0) is 21.8. The van der Waals surface area contributed by atoms with Crippen molar-refractivity contribution in [3.8, 4) is 0 Å². The second-order valence-corrected chi connectivity index (χ2v) is 9.47. The molecule has 3 aliphatic rings. The summed E-state index contributed by atoms with van der Waals surface area (Å²) in [5.41, 5.74) is -3.35. The number of nitrogens with zero attached hydrogens (tertiary/aromatic N) is 2. The molecule has 2 N–H and O–H groups in total. The highest BCUT2D eigenvalue weighted by Gasteiger charge is 2.75. The van der Waals surface area contributed by atoms with E-state index in [-0.39, 0.29) is 6.42 Å². The molecule has 0 saturated carbocycles. The van der Waals surface area contributed by atoms with Gasteiger partial charge in [-0.3, -0.25) is 19.3 Å². The van der Waals surface area contributed by atoms with Crippen LogP contribution in [0.5, 0.6) is 0 Å². The van der Waals surface area contributed by atoms with Crippen molar-refractivity contribution in [3.63, 3.8) is 0 Å². The minimum absolute atomic E-state index is 0.181. The molecule has 162 valence electrons. The molecule has 0 aromatic heterocycles. The van der Waals surface area contributed by atoms with Crippen molar-refractivity contribution < 1.29 is 34.1 Å². The maximum Gasteiger partial charge on any atom is 0.303 e. The normalized spacial score (nSPS) is 41.4. The minimum atomic E-state index is -1.77. The number of carbonyl (C=O) groups is 3. The van der Waals surface area contributed by atoms with Gasteiger partial charge in [0.15, 0.2) is 4.87 Å². The topological polar surface area (TPSA) is 117 Å². The Balaban J connectivity index is 2.24. The zero-order valence-corrected chi connectivity index (χ0v) is 18.6. The highest BCUT2D eigenvalue weighted by Crippen LogP contribution is 2.54. The number of hydrogen-bond acceptors (Lipinski definition) is 9. The highest BCUT2D eigenvalue weighted by atomic mass is 32.2. The maximum atomic E-state index is 13.7. The van der Waals surface area contributed by atoms with E-state index >= 15 is 0 Å². The van der Waals surface area contributed by atoms with Gasteiger partial charge in [-0.15, -0.1) is 11.8 Å². The fourth-order valence-electron chi connectivity index (χ4n) is 4.73. The van der Waals surface area contributed by atoms with Crippen molar-refractivity contribution >= 4 is 41.3 Å². The first-order valence-electron chi connectivity index (χ1n) is 9.03. The summed E-state index contributed by atoms with van der Waals surface area (Å²) in [4.78, 5) is 39.7. The number of rotatable bonds is 5. The Kier molecular flexibility index (Phi) is 5.76. The number of fused-ring (bicyclic) bond motifs is 3. The third-order valence-electron chi connectivity index (χ3n) is 6.16. The quantitative estimate of drug-likeness (QED) is 0.422. The molecule has 0 aromatic carbocycles. The predicted octanol–water partition coefficient (Wildman–Crippen LogP) is -0.582. The van der Waals surface area contributed by atoms with Crippen LogP contribution in [0.25, 0.3) is 0 Å². The number of methoxy groups -OCH3 is 1. The Morgan fingerprint density at radius 2 is 1.97 bits per heavy atom. The third-order valence-corrected chi connectivity index (χ3v) is 8.49. The molecule has 9 nitrogen and oxygen atoms in total. The SMILES string of the molecule is CO[C@]12C[C@@]3(O)[C@@H](SC)C=C[C@H](OC(C)=O)[C@H]3N1C(=O)[C@](CO)(SC)N(C)C2=O. The van der Waals surface area contributed by atoms with E-state index in [9.17, 15) is 24.6 Å². The van der Waals surface area contributed by atoms with Gasteiger partial charge < -0.3 is 24.6 Å². The Bertz CT molecular complexity index is 758. The van der Waals surface area contributed by atoms with Gasteiger partial charge in [-0.25, -0.2) is 0 Å². The zero-order valence-electron chi connectivity index (χ0n) is 16.9. The average Bonchev–Trinajstić information content (AvgIpc) is 2.98. The number of carbonyl (C=O) groups excluding carboxylic acids is 3. The molecule has 0 spiro atoms. The minimum Gasteiger partial charge on any atom is -0.456 e. The molecule has 2 heterocycles. The van der Waals surface area contributed by atoms with Crippen molar-refractivity contribution in [2.45, 2.75) is 46.9 Å². The van der Waals surface area contributed by atoms with Crippen LogP contribution in [0.3, 0.4) is 0 Å². The molecule has 11 heteroatoms. The summed E-state index contributed by atoms with van der Waals surface area (Å²) in [6.07, 6.45) is 5.64. The fourth-order valence-corrected chi connectivity index (χ4v) is 6.37. The molecule has 2 amide bonds. The second-order valence-electron chi connectivity index (χ2n) is 7.40. The molecule has 6 atom stereocenters. The van der Waals surface area contributed by atoms with Crippen LogP contribution >= 0.6 is 23.5 Å². The first kappa shape index (κ1) is 22.4. The van der Waals surface area contributed by atoms with Crippen LogP contribution in [0.2, 0.25) is 0 Å². The molecular weight excluding hydrogens is 420 g/mol. The fraction of sp³-hybridized carbons (Fsp3) is 0.722. The second kappa shape index (κ2) is 7.45. The molecule has 2 saturated heterocycles. The lowest BCUT2D eigenvalue weighted by Crippen LogP contribution is -2.76. The first-order valence-corrected chi connectivity index (χ1v) is 11.5. The lowest BCUT2D eigenvalue weighted by molar-refractivity contribution is -0.207.